The summed E-state index contributed by atoms with van der Waals surface area (Å²) in [5, 5.41) is 0. The minimum atomic E-state index is 0.183. The predicted octanol–water partition coefficient (Wildman–Crippen LogP) is 2.33. The lowest BCUT2D eigenvalue weighted by Gasteiger charge is -2.35. The number of likely N-dealkylation sites (N-methyl/N-ethyl adjacent to an activating group) is 1. The second-order valence-corrected chi connectivity index (χ2v) is 4.50. The maximum absolute atomic E-state index is 12.2. The summed E-state index contributed by atoms with van der Waals surface area (Å²) in [6.45, 7) is 9.94. The molecule has 0 aliphatic rings. The highest BCUT2D eigenvalue weighted by molar-refractivity contribution is 5.97. The number of carbonyl (C=O) groups is 1. The number of hydrogen-bond acceptors (Lipinski definition) is 2. The van der Waals surface area contributed by atoms with Gasteiger partial charge in [-0.05, 0) is 32.9 Å². The second-order valence-electron chi connectivity index (χ2n) is 4.50. The Bertz CT molecular complexity index is 375. The van der Waals surface area contributed by atoms with Crippen LogP contribution < -0.4 is 5.73 Å². The van der Waals surface area contributed by atoms with E-state index < -0.39 is 0 Å². The first-order valence-electron chi connectivity index (χ1n) is 6.30. The predicted molar refractivity (Wildman–Crippen MR) is 71.9 cm³/mol. The molecule has 0 aliphatic heterocycles. The minimum absolute atomic E-state index is 0.183. The summed E-state index contributed by atoms with van der Waals surface area (Å²) in [6.07, 6.45) is 0. The zero-order chi connectivity index (χ0) is 12.9. The quantitative estimate of drug-likeness (QED) is 0.467. The van der Waals surface area contributed by atoms with Gasteiger partial charge >= 0.3 is 0 Å². The van der Waals surface area contributed by atoms with Gasteiger partial charge in [-0.25, -0.2) is 0 Å². The zero-order valence-electron chi connectivity index (χ0n) is 11.1. The van der Waals surface area contributed by atoms with E-state index in [1.807, 2.05) is 12.1 Å². The Kier molecular flexibility index (Phi) is 4.70. The summed E-state index contributed by atoms with van der Waals surface area (Å²) in [4.78, 5) is 12.2. The van der Waals surface area contributed by atoms with Gasteiger partial charge in [0.1, 0.15) is 6.54 Å². The summed E-state index contributed by atoms with van der Waals surface area (Å²) < 4.78 is 0.841. The number of rotatable bonds is 6. The number of quaternary nitrogens is 1. The Morgan fingerprint density at radius 2 is 1.76 bits per heavy atom. The maximum atomic E-state index is 12.2. The van der Waals surface area contributed by atoms with Crippen molar-refractivity contribution in [3.63, 3.8) is 0 Å². The van der Waals surface area contributed by atoms with Crippen molar-refractivity contribution in [2.45, 2.75) is 20.8 Å². The Labute approximate surface area is 104 Å². The van der Waals surface area contributed by atoms with Gasteiger partial charge in [0.15, 0.2) is 0 Å². The maximum Gasteiger partial charge on any atom is 0.217 e. The third-order valence-corrected chi connectivity index (χ3v) is 3.70. The standard InChI is InChI=1S/C14H23N2O/c1-4-16(5-2,6-3)11-14(17)12-8-7-9-13(15)10-12/h7-10H,4-6,11,15H2,1-3H3/q+1. The fraction of sp³-hybridized carbons (Fsp3) is 0.500. The number of benzene rings is 1. The van der Waals surface area contributed by atoms with E-state index in [4.69, 9.17) is 5.73 Å². The first kappa shape index (κ1) is 13.7. The highest BCUT2D eigenvalue weighted by atomic mass is 16.1. The molecule has 0 spiro atoms. The van der Waals surface area contributed by atoms with Crippen LogP contribution in [0.15, 0.2) is 24.3 Å². The van der Waals surface area contributed by atoms with Gasteiger partial charge in [0.25, 0.3) is 0 Å². The van der Waals surface area contributed by atoms with E-state index in [0.717, 1.165) is 29.7 Å². The van der Waals surface area contributed by atoms with Crippen LogP contribution in [-0.4, -0.2) is 36.4 Å². The van der Waals surface area contributed by atoms with Crippen molar-refractivity contribution in [1.29, 1.82) is 0 Å². The Morgan fingerprint density at radius 3 is 2.24 bits per heavy atom. The van der Waals surface area contributed by atoms with Gasteiger partial charge in [-0.2, -0.15) is 0 Å². The number of nitrogen functional groups attached to an aromatic ring is 1. The summed E-state index contributed by atoms with van der Waals surface area (Å²) in [6, 6.07) is 7.24. The molecule has 94 valence electrons. The van der Waals surface area contributed by atoms with E-state index in [0.29, 0.717) is 12.2 Å². The molecule has 1 aromatic carbocycles. The molecule has 0 saturated carbocycles. The number of carbonyl (C=O) groups excluding carboxylic acids is 1. The van der Waals surface area contributed by atoms with Gasteiger partial charge < -0.3 is 10.2 Å². The molecule has 3 nitrogen and oxygen atoms in total. The summed E-state index contributed by atoms with van der Waals surface area (Å²) in [5.74, 6) is 0.183. The van der Waals surface area contributed by atoms with Crippen LogP contribution in [0.4, 0.5) is 5.69 Å². The van der Waals surface area contributed by atoms with Gasteiger partial charge in [0.05, 0.1) is 19.6 Å². The molecule has 0 aromatic heterocycles. The van der Waals surface area contributed by atoms with Crippen molar-refractivity contribution < 1.29 is 9.28 Å². The number of nitrogens with zero attached hydrogens (tertiary/aromatic N) is 1. The van der Waals surface area contributed by atoms with Crippen molar-refractivity contribution in [2.24, 2.45) is 0 Å². The molecule has 0 aliphatic carbocycles. The molecule has 2 N–H and O–H groups in total. The van der Waals surface area contributed by atoms with Crippen molar-refractivity contribution in [3.8, 4) is 0 Å². The molecule has 0 heterocycles. The van der Waals surface area contributed by atoms with Gasteiger partial charge in [-0.15, -0.1) is 0 Å². The van der Waals surface area contributed by atoms with Crippen LogP contribution >= 0.6 is 0 Å². The molecule has 0 amide bonds. The molecule has 1 rings (SSSR count). The van der Waals surface area contributed by atoms with Gasteiger partial charge in [-0.1, -0.05) is 12.1 Å². The van der Waals surface area contributed by atoms with E-state index >= 15 is 0 Å². The van der Waals surface area contributed by atoms with Crippen LogP contribution in [0.1, 0.15) is 31.1 Å². The molecule has 0 bridgehead atoms. The SMILES string of the molecule is CC[N+](CC)(CC)CC(=O)c1cccc(N)c1. The third-order valence-electron chi connectivity index (χ3n) is 3.70. The fourth-order valence-electron chi connectivity index (χ4n) is 2.11. The van der Waals surface area contributed by atoms with E-state index in [9.17, 15) is 4.79 Å². The Hall–Kier alpha value is -1.35. The molecule has 0 radical (unpaired) electrons. The Balaban J connectivity index is 2.84. The zero-order valence-corrected chi connectivity index (χ0v) is 11.1. The lowest BCUT2D eigenvalue weighted by atomic mass is 10.1. The van der Waals surface area contributed by atoms with Gasteiger partial charge in [-0.3, -0.25) is 4.79 Å². The molecular weight excluding hydrogens is 212 g/mol. The number of nitrogens with two attached hydrogens (primary N) is 1. The van der Waals surface area contributed by atoms with Crippen molar-refractivity contribution in [2.75, 3.05) is 31.9 Å². The van der Waals surface area contributed by atoms with Crippen LogP contribution in [0.3, 0.4) is 0 Å². The van der Waals surface area contributed by atoms with Gasteiger partial charge in [0, 0.05) is 11.3 Å². The first-order valence-corrected chi connectivity index (χ1v) is 6.30. The minimum Gasteiger partial charge on any atom is -0.399 e. The van der Waals surface area contributed by atoms with Gasteiger partial charge in [0.2, 0.25) is 5.78 Å². The average Bonchev–Trinajstić information content (AvgIpc) is 2.36. The molecule has 0 saturated heterocycles. The number of anilines is 1. The highest BCUT2D eigenvalue weighted by Crippen LogP contribution is 2.12. The monoisotopic (exact) mass is 235 g/mol. The van der Waals surface area contributed by atoms with Crippen molar-refractivity contribution in [3.05, 3.63) is 29.8 Å². The van der Waals surface area contributed by atoms with Crippen LogP contribution in [0.2, 0.25) is 0 Å². The van der Waals surface area contributed by atoms with Crippen molar-refractivity contribution in [1.82, 2.24) is 0 Å². The molecule has 0 atom stereocenters. The Morgan fingerprint density at radius 1 is 1.18 bits per heavy atom. The first-order chi connectivity index (χ1) is 8.06. The molecule has 17 heavy (non-hydrogen) atoms. The second kappa shape index (κ2) is 5.82. The van der Waals surface area contributed by atoms with E-state index in [1.54, 1.807) is 12.1 Å². The normalized spacial score (nSPS) is 11.5. The van der Waals surface area contributed by atoms with Crippen molar-refractivity contribution >= 4 is 11.5 Å². The molecule has 0 unspecified atom stereocenters. The lowest BCUT2D eigenvalue weighted by Crippen LogP contribution is -2.50. The third kappa shape index (κ3) is 3.30. The van der Waals surface area contributed by atoms with Crippen LogP contribution in [-0.2, 0) is 0 Å². The van der Waals surface area contributed by atoms with E-state index in [1.165, 1.54) is 0 Å². The van der Waals surface area contributed by atoms with E-state index in [2.05, 4.69) is 20.8 Å². The molecule has 0 fully saturated rings. The number of Topliss-reactive ketones (excluding diaryl/α,β-unsaturated/α-hetero) is 1. The van der Waals surface area contributed by atoms with E-state index in [-0.39, 0.29) is 5.78 Å². The number of hydrogen-bond donors (Lipinski definition) is 1. The molecule has 1 aromatic rings. The summed E-state index contributed by atoms with van der Waals surface area (Å²) in [5.41, 5.74) is 7.08. The topological polar surface area (TPSA) is 43.1 Å². The largest absolute Gasteiger partial charge is 0.399 e. The van der Waals surface area contributed by atoms with Crippen LogP contribution in [0, 0.1) is 0 Å². The lowest BCUT2D eigenvalue weighted by molar-refractivity contribution is -0.915. The van der Waals surface area contributed by atoms with Crippen LogP contribution in [0.5, 0.6) is 0 Å². The molecular formula is C14H23N2O+. The number of ketones is 1. The molecule has 3 heteroatoms. The smallest absolute Gasteiger partial charge is 0.217 e. The summed E-state index contributed by atoms with van der Waals surface area (Å²) in [7, 11) is 0. The highest BCUT2D eigenvalue weighted by Gasteiger charge is 2.25. The fourth-order valence-corrected chi connectivity index (χ4v) is 2.11. The average molecular weight is 235 g/mol. The van der Waals surface area contributed by atoms with Crippen LogP contribution in [0.25, 0.3) is 0 Å². The summed E-state index contributed by atoms with van der Waals surface area (Å²) >= 11 is 0.